The van der Waals surface area contributed by atoms with Crippen molar-refractivity contribution in [2.45, 2.75) is 66.1 Å². The molecule has 2 aromatic rings. The van der Waals surface area contributed by atoms with E-state index in [1.54, 1.807) is 44.4 Å². The average Bonchev–Trinajstić information content (AvgIpc) is 2.80. The van der Waals surface area contributed by atoms with Crippen LogP contribution in [0.25, 0.3) is 0 Å². The van der Waals surface area contributed by atoms with Gasteiger partial charge in [-0.05, 0) is 67.0 Å². The molecular weight excluding hydrogens is 608 g/mol. The molecule has 1 unspecified atom stereocenters. The highest BCUT2D eigenvalue weighted by molar-refractivity contribution is 5.92. The Morgan fingerprint density at radius 1 is 1.08 bits per heavy atom. The van der Waals surface area contributed by atoms with E-state index in [-0.39, 0.29) is 52.5 Å². The van der Waals surface area contributed by atoms with Crippen molar-refractivity contribution in [1.82, 2.24) is 0 Å². The van der Waals surface area contributed by atoms with Gasteiger partial charge in [-0.25, -0.2) is 19.4 Å². The minimum absolute atomic E-state index is 0. The number of halogens is 4. The molecule has 9 heteroatoms. The summed E-state index contributed by atoms with van der Waals surface area (Å²) in [5.74, 6) is -1.15. The molecule has 1 aliphatic rings. The number of anilines is 1. The Labute approximate surface area is 239 Å². The molecule has 5 nitrogen and oxygen atoms in total. The zero-order valence-electron chi connectivity index (χ0n) is 22.8. The second-order valence-electron chi connectivity index (χ2n) is 11.4. The van der Waals surface area contributed by atoms with Crippen molar-refractivity contribution in [3.63, 3.8) is 0 Å². The standard InChI is InChI=1S/C29H35F3N2O3.HI/c1-18(2)24-17-34(22-12-9-20(10-13-22)25(35)36)26(37)33(7)28(24,6)21-11-8-19(14-15-27(3,4)5)23(16-21)29(30,31)32;/h8-13,16-18H,14-15H2,1-7H3,(H,35,36);1H/t28-;/m0./s1. The van der Waals surface area contributed by atoms with Gasteiger partial charge in [0.25, 0.3) is 0 Å². The van der Waals surface area contributed by atoms with Crippen molar-refractivity contribution in [1.29, 1.82) is 0 Å². The molecule has 1 heterocycles. The minimum Gasteiger partial charge on any atom is -1.00 e. The SMILES string of the molecule is CC(C)C1=CN(c2ccc(C(=O)O)cc2)C(=O)[NH+](C)[C@@]1(C)c1ccc(CCC(C)(C)C)c(C(F)(F)F)c1.[I-]. The number of rotatable bonds is 6. The number of amides is 2. The number of alkyl halides is 3. The predicted molar refractivity (Wildman–Crippen MR) is 138 cm³/mol. The van der Waals surface area contributed by atoms with Crippen molar-refractivity contribution < 1.29 is 56.7 Å². The van der Waals surface area contributed by atoms with Gasteiger partial charge in [0, 0.05) is 17.3 Å². The van der Waals surface area contributed by atoms with Crippen LogP contribution in [0.5, 0.6) is 0 Å². The van der Waals surface area contributed by atoms with E-state index in [4.69, 9.17) is 0 Å². The maximum absolute atomic E-state index is 14.2. The molecule has 1 aliphatic heterocycles. The number of aromatic carboxylic acids is 1. The lowest BCUT2D eigenvalue weighted by molar-refractivity contribution is -0.853. The first-order valence-corrected chi connectivity index (χ1v) is 12.4. The summed E-state index contributed by atoms with van der Waals surface area (Å²) < 4.78 is 42.6. The van der Waals surface area contributed by atoms with E-state index >= 15 is 0 Å². The van der Waals surface area contributed by atoms with Gasteiger partial charge in [-0.1, -0.05) is 46.8 Å². The Balaban J connectivity index is 0.00000507. The highest BCUT2D eigenvalue weighted by atomic mass is 127. The van der Waals surface area contributed by atoms with Crippen LogP contribution in [0.3, 0.4) is 0 Å². The third-order valence-corrected chi connectivity index (χ3v) is 7.29. The first-order valence-electron chi connectivity index (χ1n) is 12.4. The van der Waals surface area contributed by atoms with Gasteiger partial charge in [-0.2, -0.15) is 13.2 Å². The van der Waals surface area contributed by atoms with Crippen molar-refractivity contribution in [2.75, 3.05) is 11.9 Å². The molecule has 0 saturated carbocycles. The fourth-order valence-electron chi connectivity index (χ4n) is 4.88. The summed E-state index contributed by atoms with van der Waals surface area (Å²) >= 11 is 0. The normalized spacial score (nSPS) is 20.3. The highest BCUT2D eigenvalue weighted by Gasteiger charge is 2.50. The summed E-state index contributed by atoms with van der Waals surface area (Å²) in [7, 11) is 1.66. The van der Waals surface area contributed by atoms with Crippen molar-refractivity contribution >= 4 is 17.7 Å². The summed E-state index contributed by atoms with van der Waals surface area (Å²) in [6.07, 6.45) is -1.91. The van der Waals surface area contributed by atoms with Gasteiger partial charge in [0.2, 0.25) is 0 Å². The molecule has 3 rings (SSSR count). The number of quaternary nitrogens is 1. The van der Waals surface area contributed by atoms with Gasteiger partial charge >= 0.3 is 18.2 Å². The molecule has 2 aromatic carbocycles. The van der Waals surface area contributed by atoms with Crippen LogP contribution in [0.1, 0.15) is 75.0 Å². The largest absolute Gasteiger partial charge is 1.00 e. The van der Waals surface area contributed by atoms with E-state index < -0.39 is 23.2 Å². The van der Waals surface area contributed by atoms with Crippen LogP contribution in [-0.2, 0) is 18.1 Å². The van der Waals surface area contributed by atoms with Crippen LogP contribution in [0.2, 0.25) is 0 Å². The Morgan fingerprint density at radius 2 is 1.66 bits per heavy atom. The van der Waals surface area contributed by atoms with Crippen LogP contribution < -0.4 is 33.8 Å². The topological polar surface area (TPSA) is 62.1 Å². The number of hydrogen-bond donors (Lipinski definition) is 2. The Hall–Kier alpha value is -2.40. The van der Waals surface area contributed by atoms with Crippen LogP contribution in [0.15, 0.2) is 54.2 Å². The van der Waals surface area contributed by atoms with E-state index in [9.17, 15) is 27.9 Å². The van der Waals surface area contributed by atoms with Crippen molar-refractivity contribution in [3.05, 3.63) is 76.5 Å². The third kappa shape index (κ3) is 6.42. The second-order valence-corrected chi connectivity index (χ2v) is 11.4. The summed E-state index contributed by atoms with van der Waals surface area (Å²) in [6, 6.07) is 10.1. The molecular formula is C29H36F3IN2O3. The monoisotopic (exact) mass is 644 g/mol. The number of carbonyl (C=O) groups excluding carboxylic acids is 1. The van der Waals surface area contributed by atoms with E-state index in [0.717, 1.165) is 5.57 Å². The van der Waals surface area contributed by atoms with E-state index in [1.807, 2.05) is 34.6 Å². The molecule has 0 fully saturated rings. The van der Waals surface area contributed by atoms with Gasteiger partial charge in [0.1, 0.15) is 0 Å². The lowest BCUT2D eigenvalue weighted by Crippen LogP contribution is -3.20. The van der Waals surface area contributed by atoms with Crippen LogP contribution in [0, 0.1) is 11.3 Å². The fourth-order valence-corrected chi connectivity index (χ4v) is 4.88. The lowest BCUT2D eigenvalue weighted by atomic mass is 9.76. The highest BCUT2D eigenvalue weighted by Crippen LogP contribution is 2.40. The molecule has 0 aromatic heterocycles. The minimum atomic E-state index is -4.52. The van der Waals surface area contributed by atoms with Crippen LogP contribution in [-0.4, -0.2) is 24.2 Å². The molecule has 0 aliphatic carbocycles. The maximum Gasteiger partial charge on any atom is 0.426 e. The van der Waals surface area contributed by atoms with E-state index in [1.165, 1.54) is 23.1 Å². The quantitative estimate of drug-likeness (QED) is 0.475. The molecule has 2 amide bonds. The van der Waals surface area contributed by atoms with Crippen LogP contribution in [0.4, 0.5) is 23.7 Å². The zero-order valence-corrected chi connectivity index (χ0v) is 25.0. The molecule has 208 valence electrons. The number of carboxylic acid groups (broad SMARTS) is 1. The first kappa shape index (κ1) is 31.8. The van der Waals surface area contributed by atoms with E-state index in [0.29, 0.717) is 29.0 Å². The number of likely N-dealkylation sites (N-methyl/N-ethyl adjacent to an activating group) is 1. The molecule has 0 saturated heterocycles. The smallest absolute Gasteiger partial charge is 0.426 e. The number of nitrogens with one attached hydrogen (secondary N) is 1. The molecule has 2 N–H and O–H groups in total. The van der Waals surface area contributed by atoms with Crippen molar-refractivity contribution in [2.24, 2.45) is 11.3 Å². The second kappa shape index (κ2) is 11.4. The van der Waals surface area contributed by atoms with Gasteiger partial charge in [-0.3, -0.25) is 0 Å². The van der Waals surface area contributed by atoms with Gasteiger partial charge in [-0.15, -0.1) is 0 Å². The summed E-state index contributed by atoms with van der Waals surface area (Å²) in [6.45, 7) is 11.7. The van der Waals surface area contributed by atoms with Gasteiger partial charge < -0.3 is 29.1 Å². The molecule has 0 radical (unpaired) electrons. The van der Waals surface area contributed by atoms with Crippen LogP contribution >= 0.6 is 0 Å². The third-order valence-electron chi connectivity index (χ3n) is 7.29. The molecule has 0 bridgehead atoms. The Kier molecular flexibility index (Phi) is 9.52. The number of carboxylic acids is 1. The predicted octanol–water partition coefficient (Wildman–Crippen LogP) is 3.30. The molecule has 0 spiro atoms. The number of hydrogen-bond acceptors (Lipinski definition) is 2. The van der Waals surface area contributed by atoms with Gasteiger partial charge in [0.15, 0.2) is 5.54 Å². The Morgan fingerprint density at radius 3 is 2.13 bits per heavy atom. The number of benzene rings is 2. The van der Waals surface area contributed by atoms with Gasteiger partial charge in [0.05, 0.1) is 23.9 Å². The maximum atomic E-state index is 14.2. The number of aryl methyl sites for hydroxylation is 1. The number of carbonyl (C=O) groups is 2. The summed E-state index contributed by atoms with van der Waals surface area (Å²) in [5, 5.41) is 9.19. The average molecular weight is 645 g/mol. The summed E-state index contributed by atoms with van der Waals surface area (Å²) in [5.41, 5.74) is 0.253. The fraction of sp³-hybridized carbons (Fsp3) is 0.448. The number of nitrogens with zero attached hydrogens (tertiary/aromatic N) is 1. The van der Waals surface area contributed by atoms with Crippen molar-refractivity contribution in [3.8, 4) is 0 Å². The number of urea groups is 1. The van der Waals surface area contributed by atoms with E-state index in [2.05, 4.69) is 0 Å². The zero-order chi connectivity index (χ0) is 27.9. The Bertz CT molecular complexity index is 1220. The summed E-state index contributed by atoms with van der Waals surface area (Å²) in [4.78, 5) is 26.6. The lowest BCUT2D eigenvalue weighted by Gasteiger charge is -2.43. The first-order chi connectivity index (χ1) is 17.0. The molecule has 2 atom stereocenters. The molecule has 38 heavy (non-hydrogen) atoms.